The number of hydrogen-bond acceptors (Lipinski definition) is 5. The van der Waals surface area contributed by atoms with Crippen LogP contribution in [0, 0.1) is 0 Å². The zero-order valence-corrected chi connectivity index (χ0v) is 12.6. The summed E-state index contributed by atoms with van der Waals surface area (Å²) in [5.74, 6) is -0.163. The molecule has 0 aliphatic rings. The number of esters is 1. The van der Waals surface area contributed by atoms with E-state index >= 15 is 0 Å². The maximum absolute atomic E-state index is 11.5. The summed E-state index contributed by atoms with van der Waals surface area (Å²) in [6.45, 7) is 3.57. The standard InChI is InChI=1S/C16H24O5/c1-16(2,20)9-10-21-15(19)6-4-3-5-12-7-8-13(17)11-14(12)18/h7-8,11,17-18,20H,3-6,9-10H2,1-2H3. The summed E-state index contributed by atoms with van der Waals surface area (Å²) in [5.41, 5.74) is -0.0698. The Morgan fingerprint density at radius 2 is 1.95 bits per heavy atom. The molecule has 0 aliphatic heterocycles. The molecule has 3 N–H and O–H groups in total. The van der Waals surface area contributed by atoms with Crippen LogP contribution in [0.5, 0.6) is 11.5 Å². The molecule has 0 amide bonds. The zero-order valence-electron chi connectivity index (χ0n) is 12.6. The van der Waals surface area contributed by atoms with Crippen molar-refractivity contribution in [2.45, 2.75) is 51.6 Å². The maximum Gasteiger partial charge on any atom is 0.305 e. The first kappa shape index (κ1) is 17.3. The van der Waals surface area contributed by atoms with Crippen molar-refractivity contribution in [3.8, 4) is 11.5 Å². The Labute approximate surface area is 125 Å². The molecule has 5 nitrogen and oxygen atoms in total. The van der Waals surface area contributed by atoms with E-state index in [-0.39, 0.29) is 24.1 Å². The molecule has 0 saturated carbocycles. The van der Waals surface area contributed by atoms with Crippen LogP contribution < -0.4 is 0 Å². The number of carbonyl (C=O) groups is 1. The summed E-state index contributed by atoms with van der Waals surface area (Å²) in [6.07, 6.45) is 2.80. The molecule has 0 fully saturated rings. The summed E-state index contributed by atoms with van der Waals surface area (Å²) < 4.78 is 5.03. The number of ether oxygens (including phenoxy) is 1. The van der Waals surface area contributed by atoms with Gasteiger partial charge in [0.25, 0.3) is 0 Å². The van der Waals surface area contributed by atoms with E-state index in [0.29, 0.717) is 25.7 Å². The molecular weight excluding hydrogens is 272 g/mol. The lowest BCUT2D eigenvalue weighted by Gasteiger charge is -2.16. The molecule has 1 aromatic carbocycles. The monoisotopic (exact) mass is 296 g/mol. The van der Waals surface area contributed by atoms with Crippen molar-refractivity contribution in [3.63, 3.8) is 0 Å². The van der Waals surface area contributed by atoms with Gasteiger partial charge in [0.05, 0.1) is 12.2 Å². The Morgan fingerprint density at radius 3 is 2.57 bits per heavy atom. The third kappa shape index (κ3) is 7.56. The molecule has 0 aliphatic carbocycles. The first-order valence-corrected chi connectivity index (χ1v) is 7.17. The van der Waals surface area contributed by atoms with Gasteiger partial charge in [-0.1, -0.05) is 6.07 Å². The Bertz CT molecular complexity index is 462. The summed E-state index contributed by atoms with van der Waals surface area (Å²) in [5, 5.41) is 28.3. The Hall–Kier alpha value is -1.75. The number of benzene rings is 1. The number of aryl methyl sites for hydroxylation is 1. The third-order valence-electron chi connectivity index (χ3n) is 3.12. The summed E-state index contributed by atoms with van der Waals surface area (Å²) in [4.78, 5) is 11.5. The smallest absolute Gasteiger partial charge is 0.305 e. The fourth-order valence-electron chi connectivity index (χ4n) is 1.84. The quantitative estimate of drug-likeness (QED) is 0.507. The lowest BCUT2D eigenvalue weighted by atomic mass is 10.1. The minimum atomic E-state index is -0.823. The molecule has 0 radical (unpaired) electrons. The second kappa shape index (κ2) is 7.88. The zero-order chi connectivity index (χ0) is 15.9. The molecule has 21 heavy (non-hydrogen) atoms. The fraction of sp³-hybridized carbons (Fsp3) is 0.562. The molecule has 0 spiro atoms. The molecule has 1 rings (SSSR count). The molecule has 118 valence electrons. The van der Waals surface area contributed by atoms with Gasteiger partial charge in [-0.15, -0.1) is 0 Å². The van der Waals surface area contributed by atoms with Crippen LogP contribution in [0.1, 0.15) is 45.1 Å². The van der Waals surface area contributed by atoms with Crippen molar-refractivity contribution in [2.75, 3.05) is 6.61 Å². The SMILES string of the molecule is CC(C)(O)CCOC(=O)CCCCc1ccc(O)cc1O. The number of hydrogen-bond donors (Lipinski definition) is 3. The highest BCUT2D eigenvalue weighted by molar-refractivity contribution is 5.69. The predicted octanol–water partition coefficient (Wildman–Crippen LogP) is 2.51. The van der Waals surface area contributed by atoms with E-state index < -0.39 is 5.60 Å². The average molecular weight is 296 g/mol. The molecule has 0 bridgehead atoms. The van der Waals surface area contributed by atoms with E-state index in [2.05, 4.69) is 0 Å². The maximum atomic E-state index is 11.5. The number of phenols is 2. The number of phenolic OH excluding ortho intramolecular Hbond substituents is 2. The summed E-state index contributed by atoms with van der Waals surface area (Å²) in [6, 6.07) is 4.51. The van der Waals surface area contributed by atoms with Crippen LogP contribution in [-0.4, -0.2) is 33.5 Å². The van der Waals surface area contributed by atoms with Crippen molar-refractivity contribution < 1.29 is 24.9 Å². The molecule has 0 atom stereocenters. The van der Waals surface area contributed by atoms with Gasteiger partial charge in [-0.05, 0) is 44.7 Å². The topological polar surface area (TPSA) is 87.0 Å². The normalized spacial score (nSPS) is 11.4. The molecule has 0 aromatic heterocycles. The van der Waals surface area contributed by atoms with Gasteiger partial charge in [-0.2, -0.15) is 0 Å². The predicted molar refractivity (Wildman–Crippen MR) is 79.2 cm³/mol. The van der Waals surface area contributed by atoms with Crippen molar-refractivity contribution in [1.29, 1.82) is 0 Å². The third-order valence-corrected chi connectivity index (χ3v) is 3.12. The van der Waals surface area contributed by atoms with Crippen LogP contribution >= 0.6 is 0 Å². The van der Waals surface area contributed by atoms with Gasteiger partial charge in [0.2, 0.25) is 0 Å². The Balaban J connectivity index is 2.17. The van der Waals surface area contributed by atoms with Gasteiger partial charge < -0.3 is 20.1 Å². The van der Waals surface area contributed by atoms with E-state index in [9.17, 15) is 20.1 Å². The van der Waals surface area contributed by atoms with Gasteiger partial charge in [0.1, 0.15) is 11.5 Å². The van der Waals surface area contributed by atoms with Crippen molar-refractivity contribution in [2.24, 2.45) is 0 Å². The van der Waals surface area contributed by atoms with Gasteiger partial charge in [0, 0.05) is 18.9 Å². The van der Waals surface area contributed by atoms with Crippen LogP contribution in [0.3, 0.4) is 0 Å². The fourth-order valence-corrected chi connectivity index (χ4v) is 1.84. The molecule has 1 aromatic rings. The van der Waals surface area contributed by atoms with Gasteiger partial charge >= 0.3 is 5.97 Å². The van der Waals surface area contributed by atoms with Crippen LogP contribution in [-0.2, 0) is 16.0 Å². The minimum Gasteiger partial charge on any atom is -0.508 e. The van der Waals surface area contributed by atoms with E-state index in [1.54, 1.807) is 19.9 Å². The molecule has 0 saturated heterocycles. The first-order valence-electron chi connectivity index (χ1n) is 7.17. The molecular formula is C16H24O5. The first-order chi connectivity index (χ1) is 9.78. The second-order valence-corrected chi connectivity index (χ2v) is 5.80. The minimum absolute atomic E-state index is 0.0339. The highest BCUT2D eigenvalue weighted by atomic mass is 16.5. The second-order valence-electron chi connectivity index (χ2n) is 5.80. The molecule has 5 heteroatoms. The summed E-state index contributed by atoms with van der Waals surface area (Å²) in [7, 11) is 0. The highest BCUT2D eigenvalue weighted by Gasteiger charge is 2.13. The van der Waals surface area contributed by atoms with Crippen molar-refractivity contribution in [3.05, 3.63) is 23.8 Å². The van der Waals surface area contributed by atoms with E-state index in [4.69, 9.17) is 4.74 Å². The number of aliphatic hydroxyl groups is 1. The number of rotatable bonds is 8. The van der Waals surface area contributed by atoms with Crippen molar-refractivity contribution in [1.82, 2.24) is 0 Å². The molecule has 0 unspecified atom stereocenters. The van der Waals surface area contributed by atoms with Gasteiger partial charge in [-0.3, -0.25) is 4.79 Å². The molecule has 0 heterocycles. The lowest BCUT2D eigenvalue weighted by molar-refractivity contribution is -0.144. The van der Waals surface area contributed by atoms with Crippen LogP contribution in [0.15, 0.2) is 18.2 Å². The van der Waals surface area contributed by atoms with Crippen LogP contribution in [0.25, 0.3) is 0 Å². The van der Waals surface area contributed by atoms with Gasteiger partial charge in [0.15, 0.2) is 0 Å². The largest absolute Gasteiger partial charge is 0.508 e. The number of unbranched alkanes of at least 4 members (excludes halogenated alkanes) is 1. The van der Waals surface area contributed by atoms with Crippen molar-refractivity contribution >= 4 is 5.97 Å². The Kier molecular flexibility index (Phi) is 6.49. The average Bonchev–Trinajstić information content (AvgIpc) is 2.35. The lowest BCUT2D eigenvalue weighted by Crippen LogP contribution is -2.22. The van der Waals surface area contributed by atoms with E-state index in [1.807, 2.05) is 0 Å². The van der Waals surface area contributed by atoms with Gasteiger partial charge in [-0.25, -0.2) is 0 Å². The van der Waals surface area contributed by atoms with E-state index in [0.717, 1.165) is 12.0 Å². The number of carbonyl (C=O) groups excluding carboxylic acids is 1. The van der Waals surface area contributed by atoms with E-state index in [1.165, 1.54) is 12.1 Å². The Morgan fingerprint density at radius 1 is 1.24 bits per heavy atom. The van der Waals surface area contributed by atoms with Crippen LogP contribution in [0.4, 0.5) is 0 Å². The number of aromatic hydroxyl groups is 2. The highest BCUT2D eigenvalue weighted by Crippen LogP contribution is 2.24. The summed E-state index contributed by atoms with van der Waals surface area (Å²) >= 11 is 0. The van der Waals surface area contributed by atoms with Crippen LogP contribution in [0.2, 0.25) is 0 Å².